The van der Waals surface area contributed by atoms with Gasteiger partial charge in [-0.2, -0.15) is 0 Å². The Hall–Kier alpha value is 1.40. The van der Waals surface area contributed by atoms with Crippen molar-refractivity contribution in [1.29, 1.82) is 0 Å². The zero-order valence-corrected chi connectivity index (χ0v) is 13.1. The van der Waals surface area contributed by atoms with Crippen LogP contribution in [-0.2, 0) is 17.1 Å². The minimum atomic E-state index is -1.34. The maximum absolute atomic E-state index is 2.43. The maximum atomic E-state index is 2.43. The summed E-state index contributed by atoms with van der Waals surface area (Å²) in [7, 11) is 1.39. The van der Waals surface area contributed by atoms with Crippen LogP contribution < -0.4 is 0 Å². The molecule has 0 aromatic carbocycles. The fourth-order valence-electron chi connectivity index (χ4n) is 0.267. The van der Waals surface area contributed by atoms with Crippen molar-refractivity contribution in [2.75, 3.05) is 50.0 Å². The summed E-state index contributed by atoms with van der Waals surface area (Å²) in [5.41, 5.74) is 0. The zero-order valence-electron chi connectivity index (χ0n) is 9.71. The second kappa shape index (κ2) is 2.94. The molecule has 4 heteroatoms. The normalized spacial score (nSPS) is 20.7. The smallest absolute Gasteiger partial charge is 0.0335 e. The molecular formula is C8H26S4. The average Bonchev–Trinajstić information content (AvgIpc) is 1.53. The summed E-state index contributed by atoms with van der Waals surface area (Å²) in [5, 5.41) is 0. The van der Waals surface area contributed by atoms with Gasteiger partial charge in [-0.25, -0.2) is 15.9 Å². The first-order chi connectivity index (χ1) is 4.71. The molecule has 0 unspecified atom stereocenters. The van der Waals surface area contributed by atoms with E-state index < -0.39 is 15.9 Å². The van der Waals surface area contributed by atoms with Gasteiger partial charge >= 0.3 is 0 Å². The predicted molar refractivity (Wildman–Crippen MR) is 80.1 cm³/mol. The van der Waals surface area contributed by atoms with Gasteiger partial charge in [0.2, 0.25) is 0 Å². The highest BCUT2D eigenvalue weighted by molar-refractivity contribution is 9.24. The second-order valence-electron chi connectivity index (χ2n) is 6.75. The van der Waals surface area contributed by atoms with Crippen LogP contribution in [0.4, 0.5) is 0 Å². The predicted octanol–water partition coefficient (Wildman–Crippen LogP) is 2.08. The number of hydrogen-bond acceptors (Lipinski definition) is 1. The lowest BCUT2D eigenvalue weighted by Gasteiger charge is -2.47. The van der Waals surface area contributed by atoms with E-state index in [1.165, 1.54) is 0 Å². The zero-order chi connectivity index (χ0) is 10.3. The molecule has 0 nitrogen and oxygen atoms in total. The average molecular weight is 251 g/mol. The number of rotatable bonds is 2. The summed E-state index contributed by atoms with van der Waals surface area (Å²) in [6.45, 7) is 0. The summed E-state index contributed by atoms with van der Waals surface area (Å²) in [5.74, 6) is 0. The van der Waals surface area contributed by atoms with Crippen LogP contribution in [0.1, 0.15) is 0 Å². The van der Waals surface area contributed by atoms with Crippen molar-refractivity contribution in [2.45, 2.75) is 0 Å². The van der Waals surface area contributed by atoms with Crippen molar-refractivity contribution >= 4 is 35.1 Å². The largest absolute Gasteiger partial charge is 0.247 e. The van der Waals surface area contributed by atoms with Crippen LogP contribution in [0.2, 0.25) is 0 Å². The van der Waals surface area contributed by atoms with Crippen LogP contribution in [0.3, 0.4) is 0 Å². The van der Waals surface area contributed by atoms with Crippen molar-refractivity contribution in [3.63, 3.8) is 0 Å². The Bertz CT molecular complexity index is 215. The van der Waals surface area contributed by atoms with Crippen LogP contribution in [0, 0.1) is 0 Å². The van der Waals surface area contributed by atoms with Crippen molar-refractivity contribution in [3.05, 3.63) is 0 Å². The molecule has 0 aromatic heterocycles. The molecule has 0 bridgehead atoms. The minimum absolute atomic E-state index is 1.07. The van der Waals surface area contributed by atoms with Gasteiger partial charge in [-0.1, -0.05) is 9.83 Å². The first-order valence-corrected chi connectivity index (χ1v) is 15.2. The third-order valence-electron chi connectivity index (χ3n) is 0.658. The van der Waals surface area contributed by atoms with Crippen molar-refractivity contribution in [2.24, 2.45) is 0 Å². The van der Waals surface area contributed by atoms with Crippen molar-refractivity contribution < 1.29 is 0 Å². The number of thiol groups is 2. The molecule has 0 aliphatic carbocycles. The Morgan fingerprint density at radius 2 is 1.25 bits per heavy atom. The molecule has 0 N–H and O–H groups in total. The van der Waals surface area contributed by atoms with E-state index in [0.29, 0.717) is 0 Å². The molecule has 0 radical (unpaired) electrons. The molecule has 0 saturated heterocycles. The van der Waals surface area contributed by atoms with E-state index in [1.807, 2.05) is 0 Å². The molecule has 0 atom stereocenters. The van der Waals surface area contributed by atoms with Crippen molar-refractivity contribution in [3.8, 4) is 0 Å². The van der Waals surface area contributed by atoms with Gasteiger partial charge in [0.25, 0.3) is 0 Å². The van der Waals surface area contributed by atoms with Crippen LogP contribution in [0.25, 0.3) is 0 Å². The third-order valence-corrected chi connectivity index (χ3v) is 19.6. The Balaban J connectivity index is 4.70. The van der Waals surface area contributed by atoms with E-state index in [-0.39, 0.29) is 0 Å². The lowest BCUT2D eigenvalue weighted by atomic mass is 11.8. The lowest BCUT2D eigenvalue weighted by Crippen LogP contribution is -2.25. The standard InChI is InChI=1S/C8H26S4/c1-11(2,3,4)9-10-12(5,6,7)8/h9,12H,1-8H3. The van der Waals surface area contributed by atoms with Gasteiger partial charge in [0.15, 0.2) is 0 Å². The maximum Gasteiger partial charge on any atom is -0.0335 e. The molecule has 0 saturated carbocycles. The van der Waals surface area contributed by atoms with Gasteiger partial charge in [-0.15, -0.1) is 9.35 Å². The molecule has 0 aromatic rings. The van der Waals surface area contributed by atoms with Crippen molar-refractivity contribution in [1.82, 2.24) is 0 Å². The highest BCUT2D eigenvalue weighted by Gasteiger charge is 2.19. The Morgan fingerprint density at radius 1 is 0.917 bits per heavy atom. The molecule has 82 valence electrons. The Kier molecular flexibility index (Phi) is 3.29. The Morgan fingerprint density at radius 3 is 1.33 bits per heavy atom. The summed E-state index contributed by atoms with van der Waals surface area (Å²) in [4.78, 5) is 0. The SMILES string of the molecule is CS(C)(C)(C)=[SH]S[SH](C)(C)(C)C. The Labute approximate surface area is 84.8 Å². The second-order valence-corrected chi connectivity index (χ2v) is 32.8. The van der Waals surface area contributed by atoms with E-state index >= 15 is 0 Å². The summed E-state index contributed by atoms with van der Waals surface area (Å²) < 4.78 is 0. The molecule has 0 aliphatic heterocycles. The fraction of sp³-hybridized carbons (Fsp3) is 1.00. The first-order valence-electron chi connectivity index (χ1n) is 3.97. The molecule has 0 spiro atoms. The first kappa shape index (κ1) is 13.4. The van der Waals surface area contributed by atoms with E-state index in [2.05, 4.69) is 59.9 Å². The van der Waals surface area contributed by atoms with E-state index in [0.717, 1.165) is 0 Å². The minimum Gasteiger partial charge on any atom is -0.247 e. The van der Waals surface area contributed by atoms with Gasteiger partial charge in [0.05, 0.1) is 0 Å². The van der Waals surface area contributed by atoms with Crippen LogP contribution in [0.15, 0.2) is 0 Å². The molecule has 0 rings (SSSR count). The molecular weight excluding hydrogens is 224 g/mol. The van der Waals surface area contributed by atoms with Crippen LogP contribution >= 0.6 is 18.0 Å². The molecule has 0 heterocycles. The monoisotopic (exact) mass is 250 g/mol. The van der Waals surface area contributed by atoms with Crippen LogP contribution in [0.5, 0.6) is 0 Å². The van der Waals surface area contributed by atoms with Gasteiger partial charge in [-0.3, -0.25) is 0 Å². The summed E-state index contributed by atoms with van der Waals surface area (Å²) in [6.07, 6.45) is 19.4. The van der Waals surface area contributed by atoms with E-state index in [4.69, 9.17) is 0 Å². The number of hydrogen-bond donors (Lipinski definition) is 2. The highest BCUT2D eigenvalue weighted by atomic mass is 33.6. The molecule has 12 heavy (non-hydrogen) atoms. The lowest BCUT2D eigenvalue weighted by molar-refractivity contribution is 2.00. The molecule has 0 fully saturated rings. The summed E-state index contributed by atoms with van der Waals surface area (Å²) >= 11 is 0. The fourth-order valence-corrected chi connectivity index (χ4v) is 21.6. The van der Waals surface area contributed by atoms with Gasteiger partial charge < -0.3 is 0 Å². The van der Waals surface area contributed by atoms with Gasteiger partial charge in [0.1, 0.15) is 0 Å². The van der Waals surface area contributed by atoms with Gasteiger partial charge in [-0.05, 0) is 50.0 Å². The highest BCUT2D eigenvalue weighted by Crippen LogP contribution is 2.67. The van der Waals surface area contributed by atoms with E-state index in [1.54, 1.807) is 9.35 Å². The molecule has 0 aliphatic rings. The van der Waals surface area contributed by atoms with Gasteiger partial charge in [0, 0.05) is 0 Å². The summed E-state index contributed by atoms with van der Waals surface area (Å²) in [6, 6.07) is 0. The van der Waals surface area contributed by atoms with Crippen LogP contribution in [-0.4, -0.2) is 50.0 Å². The third kappa shape index (κ3) is 11.4. The molecule has 0 amide bonds. The quantitative estimate of drug-likeness (QED) is 0.559. The van der Waals surface area contributed by atoms with E-state index in [9.17, 15) is 0 Å². The topological polar surface area (TPSA) is 0 Å².